The molecule has 3 rings (SSSR count). The Balaban J connectivity index is 1.93. The molecule has 2 bridgehead atoms. The maximum absolute atomic E-state index is 13.6. The molecule has 0 saturated carbocycles. The van der Waals surface area contributed by atoms with E-state index >= 15 is 0 Å². The second kappa shape index (κ2) is 15.1. The van der Waals surface area contributed by atoms with Crippen molar-refractivity contribution in [1.82, 2.24) is 25.8 Å². The Hall–Kier alpha value is -3.75. The topological polar surface area (TPSA) is 120 Å². The number of fused-ring (bicyclic) bond motifs is 2. The summed E-state index contributed by atoms with van der Waals surface area (Å²) in [6, 6.07) is 10.2. The molecule has 9 heteroatoms. The molecule has 1 aliphatic rings. The highest BCUT2D eigenvalue weighted by atomic mass is 16.2. The third-order valence-corrected chi connectivity index (χ3v) is 6.99. The number of hydrogen-bond acceptors (Lipinski definition) is 5. The minimum Gasteiger partial charge on any atom is -0.355 e. The highest BCUT2D eigenvalue weighted by Gasteiger charge is 2.29. The van der Waals surface area contributed by atoms with Gasteiger partial charge in [-0.05, 0) is 54.7 Å². The average molecular weight is 550 g/mol. The number of amides is 4. The number of benzene rings is 1. The lowest BCUT2D eigenvalue weighted by molar-refractivity contribution is -0.137. The average Bonchev–Trinajstić information content (AvgIpc) is 2.92. The van der Waals surface area contributed by atoms with Gasteiger partial charge in [0, 0.05) is 31.9 Å². The number of aryl methyl sites for hydroxylation is 1. The summed E-state index contributed by atoms with van der Waals surface area (Å²) >= 11 is 0. The predicted molar refractivity (Wildman–Crippen MR) is 154 cm³/mol. The Morgan fingerprint density at radius 3 is 2.50 bits per heavy atom. The monoisotopic (exact) mass is 549 g/mol. The predicted octanol–water partition coefficient (Wildman–Crippen LogP) is 2.89. The van der Waals surface area contributed by atoms with Gasteiger partial charge in [0.25, 0.3) is 5.91 Å². The standard InChI is InChI=1S/C31H43N5O4/c1-21(2)12-13-28(38)36-19-26(16-23-9-6-5-7-10-23)34-31(40)29(22(3)4)35-30(39)25-15-24(17-32-18-25)11-8-14-33-27(37)20-36/h5-7,9-10,15,17-18,21-22,26,29H,8,11-14,16,19-20H2,1-4H3,(H,33,37)(H,34,40)(H,35,39)/t26-,29-/m1/s1. The number of nitrogens with zero attached hydrogens (tertiary/aromatic N) is 2. The first-order chi connectivity index (χ1) is 19.1. The highest BCUT2D eigenvalue weighted by molar-refractivity contribution is 5.97. The van der Waals surface area contributed by atoms with E-state index in [2.05, 4.69) is 34.8 Å². The fourth-order valence-electron chi connectivity index (χ4n) is 4.70. The minimum absolute atomic E-state index is 0.0839. The van der Waals surface area contributed by atoms with E-state index in [0.29, 0.717) is 50.1 Å². The van der Waals surface area contributed by atoms with Crippen molar-refractivity contribution in [2.75, 3.05) is 19.6 Å². The number of aromatic nitrogens is 1. The molecule has 4 amide bonds. The van der Waals surface area contributed by atoms with Crippen LogP contribution in [0.2, 0.25) is 0 Å². The van der Waals surface area contributed by atoms with E-state index in [1.54, 1.807) is 17.2 Å². The quantitative estimate of drug-likeness (QED) is 0.512. The Bertz CT molecular complexity index is 1150. The first-order valence-electron chi connectivity index (χ1n) is 14.3. The Morgan fingerprint density at radius 2 is 1.80 bits per heavy atom. The van der Waals surface area contributed by atoms with Gasteiger partial charge in [0.2, 0.25) is 17.7 Å². The van der Waals surface area contributed by atoms with E-state index in [1.807, 2.05) is 44.2 Å². The first-order valence-corrected chi connectivity index (χ1v) is 14.3. The van der Waals surface area contributed by atoms with Crippen LogP contribution in [-0.4, -0.2) is 65.2 Å². The molecule has 40 heavy (non-hydrogen) atoms. The minimum atomic E-state index is -0.793. The third-order valence-electron chi connectivity index (χ3n) is 6.99. The molecule has 216 valence electrons. The summed E-state index contributed by atoms with van der Waals surface area (Å²) in [5, 5.41) is 8.90. The zero-order valence-electron chi connectivity index (χ0n) is 24.1. The second-order valence-electron chi connectivity index (χ2n) is 11.3. The SMILES string of the molecule is CC(C)CCC(=O)N1CC(=O)NCCCc2cncc(c2)C(=O)N[C@H](C(C)C)C(=O)N[C@H](Cc2ccccc2)C1. The normalized spacial score (nSPS) is 19.6. The van der Waals surface area contributed by atoms with Crippen LogP contribution in [0.3, 0.4) is 0 Å². The molecule has 1 aromatic carbocycles. The molecule has 2 heterocycles. The molecule has 0 unspecified atom stereocenters. The van der Waals surface area contributed by atoms with Crippen molar-refractivity contribution in [1.29, 1.82) is 0 Å². The summed E-state index contributed by atoms with van der Waals surface area (Å²) in [5.41, 5.74) is 2.24. The van der Waals surface area contributed by atoms with E-state index in [9.17, 15) is 19.2 Å². The summed E-state index contributed by atoms with van der Waals surface area (Å²) in [6.07, 6.45) is 5.97. The molecule has 0 fully saturated rings. The number of carbonyl (C=O) groups excluding carboxylic acids is 4. The number of hydrogen-bond donors (Lipinski definition) is 3. The van der Waals surface area contributed by atoms with Crippen LogP contribution >= 0.6 is 0 Å². The Morgan fingerprint density at radius 1 is 1.05 bits per heavy atom. The van der Waals surface area contributed by atoms with Crippen molar-refractivity contribution >= 4 is 23.6 Å². The Kier molecular flexibility index (Phi) is 11.7. The maximum Gasteiger partial charge on any atom is 0.253 e. The van der Waals surface area contributed by atoms with Gasteiger partial charge in [0.05, 0.1) is 18.2 Å². The molecule has 0 saturated heterocycles. The second-order valence-corrected chi connectivity index (χ2v) is 11.3. The van der Waals surface area contributed by atoms with Gasteiger partial charge in [-0.25, -0.2) is 0 Å². The molecular formula is C31H43N5O4. The van der Waals surface area contributed by atoms with Gasteiger partial charge in [-0.2, -0.15) is 0 Å². The van der Waals surface area contributed by atoms with Gasteiger partial charge in [-0.1, -0.05) is 58.0 Å². The van der Waals surface area contributed by atoms with Gasteiger partial charge >= 0.3 is 0 Å². The lowest BCUT2D eigenvalue weighted by Gasteiger charge is -2.30. The third kappa shape index (κ3) is 9.77. The zero-order chi connectivity index (χ0) is 29.1. The van der Waals surface area contributed by atoms with Gasteiger partial charge < -0.3 is 20.9 Å². The van der Waals surface area contributed by atoms with Crippen LogP contribution in [-0.2, 0) is 27.2 Å². The lowest BCUT2D eigenvalue weighted by Crippen LogP contribution is -2.55. The molecular weight excluding hydrogens is 506 g/mol. The summed E-state index contributed by atoms with van der Waals surface area (Å²) in [4.78, 5) is 58.7. The van der Waals surface area contributed by atoms with Crippen LogP contribution in [0.25, 0.3) is 0 Å². The molecule has 1 aliphatic heterocycles. The summed E-state index contributed by atoms with van der Waals surface area (Å²) in [5.74, 6) is -0.908. The molecule has 0 radical (unpaired) electrons. The largest absolute Gasteiger partial charge is 0.355 e. The molecule has 0 aliphatic carbocycles. The van der Waals surface area contributed by atoms with Gasteiger partial charge in [0.15, 0.2) is 0 Å². The molecule has 2 aromatic rings. The van der Waals surface area contributed by atoms with Crippen molar-refractivity contribution < 1.29 is 19.2 Å². The fourth-order valence-corrected chi connectivity index (χ4v) is 4.70. The number of carbonyl (C=O) groups is 4. The van der Waals surface area contributed by atoms with E-state index in [4.69, 9.17) is 0 Å². The first kappa shape index (κ1) is 30.8. The summed E-state index contributed by atoms with van der Waals surface area (Å²) in [6.45, 7) is 8.39. The Labute approximate surface area is 237 Å². The fraction of sp³-hybridized carbons (Fsp3) is 0.516. The van der Waals surface area contributed by atoms with Crippen LogP contribution in [0.15, 0.2) is 48.8 Å². The van der Waals surface area contributed by atoms with E-state index in [1.165, 1.54) is 6.20 Å². The maximum atomic E-state index is 13.6. The number of rotatable bonds is 6. The van der Waals surface area contributed by atoms with E-state index in [-0.39, 0.29) is 42.6 Å². The number of pyridine rings is 1. The summed E-state index contributed by atoms with van der Waals surface area (Å²) in [7, 11) is 0. The van der Waals surface area contributed by atoms with Crippen molar-refractivity contribution in [3.05, 3.63) is 65.5 Å². The van der Waals surface area contributed by atoms with E-state index in [0.717, 1.165) is 11.1 Å². The molecule has 3 N–H and O–H groups in total. The molecule has 2 atom stereocenters. The van der Waals surface area contributed by atoms with Crippen LogP contribution in [0.4, 0.5) is 0 Å². The van der Waals surface area contributed by atoms with E-state index < -0.39 is 12.1 Å². The molecule has 0 spiro atoms. The van der Waals surface area contributed by atoms with Gasteiger partial charge in [-0.15, -0.1) is 0 Å². The van der Waals surface area contributed by atoms with Crippen LogP contribution in [0.5, 0.6) is 0 Å². The number of nitrogens with one attached hydrogen (secondary N) is 3. The molecule has 1 aromatic heterocycles. The van der Waals surface area contributed by atoms with Crippen molar-refractivity contribution in [2.45, 2.75) is 71.9 Å². The highest BCUT2D eigenvalue weighted by Crippen LogP contribution is 2.13. The molecule has 9 nitrogen and oxygen atoms in total. The van der Waals surface area contributed by atoms with Crippen molar-refractivity contribution in [2.24, 2.45) is 11.8 Å². The van der Waals surface area contributed by atoms with Crippen molar-refractivity contribution in [3.8, 4) is 0 Å². The lowest BCUT2D eigenvalue weighted by atomic mass is 10.00. The van der Waals surface area contributed by atoms with Crippen molar-refractivity contribution in [3.63, 3.8) is 0 Å². The van der Waals surface area contributed by atoms with Crippen LogP contribution in [0, 0.1) is 11.8 Å². The van der Waals surface area contributed by atoms with Gasteiger partial charge in [-0.3, -0.25) is 24.2 Å². The van der Waals surface area contributed by atoms with Gasteiger partial charge in [0.1, 0.15) is 6.04 Å². The van der Waals surface area contributed by atoms with Crippen LogP contribution in [0.1, 0.15) is 68.4 Å². The smallest absolute Gasteiger partial charge is 0.253 e. The zero-order valence-corrected chi connectivity index (χ0v) is 24.1. The summed E-state index contributed by atoms with van der Waals surface area (Å²) < 4.78 is 0. The van der Waals surface area contributed by atoms with Crippen LogP contribution < -0.4 is 16.0 Å².